The summed E-state index contributed by atoms with van der Waals surface area (Å²) >= 11 is 6.01. The third-order valence-electron chi connectivity index (χ3n) is 5.60. The molecule has 0 bridgehead atoms. The topological polar surface area (TPSA) is 58.4 Å². The Labute approximate surface area is 186 Å². The van der Waals surface area contributed by atoms with E-state index in [1.807, 2.05) is 31.2 Å². The molecule has 2 heterocycles. The van der Waals surface area contributed by atoms with Crippen molar-refractivity contribution in [3.63, 3.8) is 0 Å². The second-order valence-corrected chi connectivity index (χ2v) is 8.36. The predicted molar refractivity (Wildman–Crippen MR) is 118 cm³/mol. The van der Waals surface area contributed by atoms with Crippen LogP contribution < -0.4 is 5.32 Å². The van der Waals surface area contributed by atoms with Gasteiger partial charge in [-0.3, -0.25) is 9.69 Å². The summed E-state index contributed by atoms with van der Waals surface area (Å²) in [6.07, 6.45) is 1.79. The van der Waals surface area contributed by atoms with Crippen LogP contribution in [-0.4, -0.2) is 28.9 Å². The Kier molecular flexibility index (Phi) is 6.68. The van der Waals surface area contributed by atoms with Crippen LogP contribution in [0.3, 0.4) is 0 Å². The van der Waals surface area contributed by atoms with Crippen LogP contribution in [-0.2, 0) is 17.9 Å². The maximum Gasteiger partial charge on any atom is 0.229 e. The van der Waals surface area contributed by atoms with Crippen molar-refractivity contribution in [2.45, 2.75) is 32.9 Å². The molecule has 5 nitrogen and oxygen atoms in total. The van der Waals surface area contributed by atoms with Crippen LogP contribution >= 0.6 is 11.6 Å². The molecule has 1 atom stereocenters. The summed E-state index contributed by atoms with van der Waals surface area (Å²) in [5.41, 5.74) is 2.11. The number of carbonyl (C=O) groups is 1. The summed E-state index contributed by atoms with van der Waals surface area (Å²) in [7, 11) is 0. The fraction of sp³-hybridized carbons (Fsp3) is 0.333. The van der Waals surface area contributed by atoms with Crippen LogP contribution in [0.2, 0.25) is 5.02 Å². The largest absolute Gasteiger partial charge is 0.441 e. The Morgan fingerprint density at radius 2 is 2.13 bits per heavy atom. The summed E-state index contributed by atoms with van der Waals surface area (Å²) in [4.78, 5) is 19.4. The zero-order valence-corrected chi connectivity index (χ0v) is 18.2. The first kappa shape index (κ1) is 21.5. The maximum absolute atomic E-state index is 14.1. The lowest BCUT2D eigenvalue weighted by Gasteiger charge is -2.31. The molecule has 1 amide bonds. The third kappa shape index (κ3) is 5.32. The Balaban J connectivity index is 1.37. The number of rotatable bonds is 6. The quantitative estimate of drug-likeness (QED) is 0.586. The molecule has 0 radical (unpaired) electrons. The van der Waals surface area contributed by atoms with E-state index in [0.717, 1.165) is 30.6 Å². The lowest BCUT2D eigenvalue weighted by atomic mass is 9.97. The number of carbonyl (C=O) groups excluding carboxylic acids is 1. The van der Waals surface area contributed by atoms with Crippen molar-refractivity contribution in [3.05, 3.63) is 76.4 Å². The molecular weight excluding hydrogens is 417 g/mol. The van der Waals surface area contributed by atoms with E-state index in [0.29, 0.717) is 41.9 Å². The molecule has 31 heavy (non-hydrogen) atoms. The van der Waals surface area contributed by atoms with E-state index in [1.165, 1.54) is 6.07 Å². The fourth-order valence-corrected chi connectivity index (χ4v) is 4.14. The third-order valence-corrected chi connectivity index (χ3v) is 5.84. The Morgan fingerprint density at radius 1 is 1.29 bits per heavy atom. The smallest absolute Gasteiger partial charge is 0.229 e. The van der Waals surface area contributed by atoms with Crippen molar-refractivity contribution in [2.75, 3.05) is 13.1 Å². The lowest BCUT2D eigenvalue weighted by molar-refractivity contribution is -0.127. The van der Waals surface area contributed by atoms with Crippen molar-refractivity contribution >= 4 is 17.5 Å². The van der Waals surface area contributed by atoms with Gasteiger partial charge in [0.05, 0.1) is 17.2 Å². The number of likely N-dealkylation sites (tertiary alicyclic amines) is 1. The van der Waals surface area contributed by atoms with E-state index in [1.54, 1.807) is 18.2 Å². The van der Waals surface area contributed by atoms with Gasteiger partial charge in [0, 0.05) is 24.7 Å². The average molecular weight is 442 g/mol. The number of hydrogen-bond acceptors (Lipinski definition) is 4. The summed E-state index contributed by atoms with van der Waals surface area (Å²) in [5.74, 6) is 0.577. The van der Waals surface area contributed by atoms with Gasteiger partial charge >= 0.3 is 0 Å². The van der Waals surface area contributed by atoms with Gasteiger partial charge in [-0.1, -0.05) is 35.9 Å². The van der Waals surface area contributed by atoms with Crippen molar-refractivity contribution in [1.29, 1.82) is 0 Å². The van der Waals surface area contributed by atoms with Crippen LogP contribution in [0.25, 0.3) is 11.5 Å². The molecule has 4 rings (SSSR count). The highest BCUT2D eigenvalue weighted by Gasteiger charge is 2.27. The van der Waals surface area contributed by atoms with Crippen LogP contribution in [0, 0.1) is 18.7 Å². The number of halogens is 2. The van der Waals surface area contributed by atoms with Crippen LogP contribution in [0.4, 0.5) is 4.39 Å². The highest BCUT2D eigenvalue weighted by atomic mass is 35.5. The Bertz CT molecular complexity index is 1070. The molecule has 0 unspecified atom stereocenters. The molecule has 1 aromatic heterocycles. The zero-order valence-electron chi connectivity index (χ0n) is 17.4. The van der Waals surface area contributed by atoms with Crippen LogP contribution in [0.5, 0.6) is 0 Å². The maximum atomic E-state index is 14.1. The Hall–Kier alpha value is -2.70. The van der Waals surface area contributed by atoms with Crippen molar-refractivity contribution < 1.29 is 13.6 Å². The van der Waals surface area contributed by atoms with Gasteiger partial charge in [0.25, 0.3) is 0 Å². The molecule has 162 valence electrons. The number of amides is 1. The van der Waals surface area contributed by atoms with Gasteiger partial charge < -0.3 is 9.73 Å². The molecule has 2 aromatic carbocycles. The molecule has 1 fully saturated rings. The molecule has 0 spiro atoms. The fourth-order valence-electron chi connectivity index (χ4n) is 3.93. The first-order chi connectivity index (χ1) is 15.0. The Morgan fingerprint density at radius 3 is 2.94 bits per heavy atom. The minimum Gasteiger partial charge on any atom is -0.441 e. The standard InChI is InChI=1S/C24H25ClFN3O2/c1-16-22(28-24(31-16)20-9-2-3-10-21(20)26)15-29-11-5-7-18(14-29)23(30)27-13-17-6-4-8-19(25)12-17/h2-4,6,8-10,12,18H,5,7,11,13-15H2,1H3,(H,27,30)/t18-/m1/s1. The normalized spacial score (nSPS) is 16.9. The van der Waals surface area contributed by atoms with Gasteiger partial charge in [-0.25, -0.2) is 9.37 Å². The molecular formula is C24H25ClFN3O2. The second-order valence-electron chi connectivity index (χ2n) is 7.92. The van der Waals surface area contributed by atoms with Gasteiger partial charge in [0.2, 0.25) is 11.8 Å². The van der Waals surface area contributed by atoms with Crippen molar-refractivity contribution in [2.24, 2.45) is 5.92 Å². The molecule has 1 saturated heterocycles. The predicted octanol–water partition coefficient (Wildman–Crippen LogP) is 4.97. The average Bonchev–Trinajstić information content (AvgIpc) is 3.12. The minimum absolute atomic E-state index is 0.0496. The second kappa shape index (κ2) is 9.62. The lowest BCUT2D eigenvalue weighted by Crippen LogP contribution is -2.42. The highest BCUT2D eigenvalue weighted by molar-refractivity contribution is 6.30. The molecule has 3 aromatic rings. The summed E-state index contributed by atoms with van der Waals surface area (Å²) in [6.45, 7) is 4.42. The van der Waals surface area contributed by atoms with Gasteiger partial charge in [-0.15, -0.1) is 0 Å². The first-order valence-electron chi connectivity index (χ1n) is 10.5. The van der Waals surface area contributed by atoms with E-state index in [2.05, 4.69) is 15.2 Å². The number of hydrogen-bond donors (Lipinski definition) is 1. The number of aryl methyl sites for hydroxylation is 1. The monoisotopic (exact) mass is 441 g/mol. The number of benzene rings is 2. The minimum atomic E-state index is -0.357. The van der Waals surface area contributed by atoms with Gasteiger partial charge in [0.1, 0.15) is 11.6 Å². The van der Waals surface area contributed by atoms with Crippen LogP contribution in [0.15, 0.2) is 52.9 Å². The van der Waals surface area contributed by atoms with E-state index in [-0.39, 0.29) is 17.6 Å². The zero-order chi connectivity index (χ0) is 21.8. The number of aromatic nitrogens is 1. The van der Waals surface area contributed by atoms with E-state index in [4.69, 9.17) is 16.0 Å². The van der Waals surface area contributed by atoms with Gasteiger partial charge in [-0.05, 0) is 56.1 Å². The summed E-state index contributed by atoms with van der Waals surface area (Å²) in [6, 6.07) is 13.9. The highest BCUT2D eigenvalue weighted by Crippen LogP contribution is 2.26. The van der Waals surface area contributed by atoms with Crippen molar-refractivity contribution in [3.8, 4) is 11.5 Å². The SMILES string of the molecule is Cc1oc(-c2ccccc2F)nc1CN1CCC[C@@H](C(=O)NCc2cccc(Cl)c2)C1. The molecule has 1 N–H and O–H groups in total. The summed E-state index contributed by atoms with van der Waals surface area (Å²) < 4.78 is 19.8. The van der Waals surface area contributed by atoms with Gasteiger partial charge in [0.15, 0.2) is 0 Å². The number of nitrogens with zero attached hydrogens (tertiary/aromatic N) is 2. The molecule has 1 aliphatic heterocycles. The van der Waals surface area contributed by atoms with E-state index in [9.17, 15) is 9.18 Å². The number of piperidine rings is 1. The number of nitrogens with one attached hydrogen (secondary N) is 1. The van der Waals surface area contributed by atoms with Crippen LogP contribution in [0.1, 0.15) is 29.9 Å². The molecule has 1 aliphatic rings. The molecule has 0 aliphatic carbocycles. The van der Waals surface area contributed by atoms with E-state index < -0.39 is 0 Å². The number of oxazole rings is 1. The van der Waals surface area contributed by atoms with Gasteiger partial charge in [-0.2, -0.15) is 0 Å². The van der Waals surface area contributed by atoms with Crippen molar-refractivity contribution in [1.82, 2.24) is 15.2 Å². The first-order valence-corrected chi connectivity index (χ1v) is 10.8. The summed E-state index contributed by atoms with van der Waals surface area (Å²) in [5, 5.41) is 3.68. The van der Waals surface area contributed by atoms with E-state index >= 15 is 0 Å². The molecule has 7 heteroatoms. The molecule has 0 saturated carbocycles.